The van der Waals surface area contributed by atoms with Crippen LogP contribution in [0.1, 0.15) is 27.8 Å². The molecule has 0 aliphatic carbocycles. The zero-order chi connectivity index (χ0) is 19.6. The van der Waals surface area contributed by atoms with Gasteiger partial charge in [0.25, 0.3) is 0 Å². The first-order valence-electron chi connectivity index (χ1n) is 9.25. The number of hydrogen-bond donors (Lipinski definition) is 2. The zero-order valence-corrected chi connectivity index (χ0v) is 16.3. The average molecular weight is 353 g/mol. The van der Waals surface area contributed by atoms with Crippen LogP contribution in [-0.4, -0.2) is 25.7 Å². The summed E-state index contributed by atoms with van der Waals surface area (Å²) in [6, 6.07) is 12.7. The highest BCUT2D eigenvalue weighted by Crippen LogP contribution is 2.32. The summed E-state index contributed by atoms with van der Waals surface area (Å²) in [5.74, 6) is 0. The lowest BCUT2D eigenvalue weighted by atomic mass is 9.68. The smallest absolute Gasteiger partial charge is 0.153 e. The molecule has 1 aliphatic heterocycles. The summed E-state index contributed by atoms with van der Waals surface area (Å²) >= 11 is 0. The van der Waals surface area contributed by atoms with Gasteiger partial charge in [-0.2, -0.15) is 0 Å². The average Bonchev–Trinajstić information content (AvgIpc) is 3.00. The molecule has 27 heavy (non-hydrogen) atoms. The third-order valence-corrected chi connectivity index (χ3v) is 5.33. The summed E-state index contributed by atoms with van der Waals surface area (Å²) in [6.07, 6.45) is 1.30. The van der Waals surface area contributed by atoms with E-state index in [1.165, 1.54) is 33.9 Å². The third kappa shape index (κ3) is 3.59. The number of rotatable bonds is 6. The van der Waals surface area contributed by atoms with Crippen LogP contribution in [0.4, 0.5) is 0 Å². The van der Waals surface area contributed by atoms with Crippen molar-refractivity contribution in [3.63, 3.8) is 0 Å². The van der Waals surface area contributed by atoms with Crippen molar-refractivity contribution in [3.8, 4) is 0 Å². The summed E-state index contributed by atoms with van der Waals surface area (Å²) in [5.41, 5.74) is 16.0. The normalized spacial score (nSPS) is 13.9. The van der Waals surface area contributed by atoms with Gasteiger partial charge in [-0.1, -0.05) is 56.0 Å². The minimum absolute atomic E-state index is 0.642. The van der Waals surface area contributed by atoms with Gasteiger partial charge in [0.05, 0.1) is 0 Å². The van der Waals surface area contributed by atoms with E-state index in [2.05, 4.69) is 68.9 Å². The Kier molecular flexibility index (Phi) is 5.59. The van der Waals surface area contributed by atoms with Crippen LogP contribution in [0.25, 0.3) is 11.4 Å². The van der Waals surface area contributed by atoms with E-state index in [4.69, 9.17) is 11.1 Å². The minimum atomic E-state index is 0.642. The molecule has 0 amide bonds. The van der Waals surface area contributed by atoms with Crippen LogP contribution in [0.3, 0.4) is 0 Å². The molecular weight excluding hydrogens is 328 g/mol. The fourth-order valence-electron chi connectivity index (χ4n) is 3.71. The molecule has 0 fully saturated rings. The lowest BCUT2D eigenvalue weighted by Crippen LogP contribution is -2.26. The number of nitrogens with one attached hydrogen (secondary N) is 1. The molecule has 5 heteroatoms. The van der Waals surface area contributed by atoms with Crippen molar-refractivity contribution in [2.24, 2.45) is 5.73 Å². The molecule has 1 heterocycles. The van der Waals surface area contributed by atoms with Gasteiger partial charge in [-0.25, -0.2) is 0 Å². The maximum atomic E-state index is 7.55. The Balaban J connectivity index is 1.95. The van der Waals surface area contributed by atoms with Gasteiger partial charge >= 0.3 is 0 Å². The predicted octanol–water partition coefficient (Wildman–Crippen LogP) is 3.39. The second kappa shape index (κ2) is 7.91. The Morgan fingerprint density at radius 1 is 1.30 bits per heavy atom. The van der Waals surface area contributed by atoms with Crippen molar-refractivity contribution in [1.82, 2.24) is 4.90 Å². The quantitative estimate of drug-likeness (QED) is 0.618. The topological polar surface area (TPSA) is 53.1 Å². The lowest BCUT2D eigenvalue weighted by molar-refractivity contribution is 0.404. The van der Waals surface area contributed by atoms with E-state index in [1.54, 1.807) is 0 Å². The predicted molar refractivity (Wildman–Crippen MR) is 119 cm³/mol. The van der Waals surface area contributed by atoms with Crippen molar-refractivity contribution in [1.29, 1.82) is 5.41 Å². The van der Waals surface area contributed by atoms with Crippen LogP contribution >= 0.6 is 0 Å². The van der Waals surface area contributed by atoms with Gasteiger partial charge in [0, 0.05) is 36.3 Å². The van der Waals surface area contributed by atoms with Crippen molar-refractivity contribution >= 4 is 37.6 Å². The Morgan fingerprint density at radius 2 is 2.04 bits per heavy atom. The van der Waals surface area contributed by atoms with E-state index < -0.39 is 0 Å². The second-order valence-corrected chi connectivity index (χ2v) is 6.91. The van der Waals surface area contributed by atoms with Gasteiger partial charge in [0.15, 0.2) is 7.28 Å². The van der Waals surface area contributed by atoms with Crippen LogP contribution < -0.4 is 11.2 Å². The molecule has 2 aromatic rings. The van der Waals surface area contributed by atoms with Gasteiger partial charge in [-0.05, 0) is 40.7 Å². The first kappa shape index (κ1) is 19.1. The molecule has 0 saturated carbocycles. The number of aryl methyl sites for hydroxylation is 1. The van der Waals surface area contributed by atoms with Crippen LogP contribution in [0, 0.1) is 12.3 Å². The highest BCUT2D eigenvalue weighted by molar-refractivity contribution is 6.53. The fraction of sp³-hybridized carbons (Fsp3) is 0.227. The molecule has 134 valence electrons. The number of nitrogens with zero attached hydrogens (tertiary/aromatic N) is 1. The number of nitrogens with two attached hydrogens (primary N) is 1. The molecule has 3 N–H and O–H groups in total. The summed E-state index contributed by atoms with van der Waals surface area (Å²) in [7, 11) is 4.00. The maximum absolute atomic E-state index is 7.55. The molecule has 3 rings (SSSR count). The summed E-state index contributed by atoms with van der Waals surface area (Å²) in [6.45, 7) is 12.1. The molecule has 0 spiro atoms. The first-order valence-corrected chi connectivity index (χ1v) is 9.25. The van der Waals surface area contributed by atoms with E-state index in [0.29, 0.717) is 5.70 Å². The largest absolute Gasteiger partial charge is 0.399 e. The first-order chi connectivity index (χ1) is 13.0. The maximum Gasteiger partial charge on any atom is 0.153 e. The Labute approximate surface area is 164 Å². The Morgan fingerprint density at radius 3 is 2.67 bits per heavy atom. The molecule has 0 bridgehead atoms. The molecule has 0 atom stereocenters. The van der Waals surface area contributed by atoms with Crippen molar-refractivity contribution in [2.45, 2.75) is 33.7 Å². The molecule has 2 aromatic carbocycles. The highest BCUT2D eigenvalue weighted by atomic mass is 15.2. The van der Waals surface area contributed by atoms with E-state index in [-0.39, 0.29) is 0 Å². The summed E-state index contributed by atoms with van der Waals surface area (Å²) in [5, 5.41) is 7.55. The third-order valence-electron chi connectivity index (χ3n) is 5.33. The van der Waals surface area contributed by atoms with E-state index in [0.717, 1.165) is 29.8 Å². The molecule has 0 unspecified atom stereocenters. The van der Waals surface area contributed by atoms with Crippen LogP contribution in [0.15, 0.2) is 48.4 Å². The summed E-state index contributed by atoms with van der Waals surface area (Å²) in [4.78, 5) is 2.34. The lowest BCUT2D eigenvalue weighted by Gasteiger charge is -2.24. The Bertz CT molecular complexity index is 931. The fourth-order valence-corrected chi connectivity index (χ4v) is 3.71. The SMILES string of the molecule is C=C1c2ccccc2CN1Cc1c(C)cc(/C(N)=C(\[B]C)C=N)cc1[B]C. The number of fused-ring (bicyclic) bond motifs is 1. The Hall–Kier alpha value is -2.68. The second-order valence-electron chi connectivity index (χ2n) is 6.91. The van der Waals surface area contributed by atoms with Gasteiger partial charge in [0.2, 0.25) is 0 Å². The van der Waals surface area contributed by atoms with E-state index in [9.17, 15) is 0 Å². The van der Waals surface area contributed by atoms with Gasteiger partial charge in [-0.15, -0.1) is 0 Å². The number of hydrogen-bond acceptors (Lipinski definition) is 3. The van der Waals surface area contributed by atoms with Crippen molar-refractivity contribution < 1.29 is 0 Å². The highest BCUT2D eigenvalue weighted by Gasteiger charge is 2.23. The van der Waals surface area contributed by atoms with E-state index in [1.807, 2.05) is 14.1 Å². The van der Waals surface area contributed by atoms with Crippen LogP contribution in [0.5, 0.6) is 0 Å². The zero-order valence-electron chi connectivity index (χ0n) is 16.3. The van der Waals surface area contributed by atoms with Gasteiger partial charge in [-0.3, -0.25) is 0 Å². The van der Waals surface area contributed by atoms with Crippen LogP contribution in [-0.2, 0) is 13.1 Å². The van der Waals surface area contributed by atoms with Crippen LogP contribution in [0.2, 0.25) is 13.6 Å². The molecule has 0 saturated heterocycles. The molecule has 2 radical (unpaired) electrons. The van der Waals surface area contributed by atoms with Crippen molar-refractivity contribution in [3.05, 3.63) is 76.3 Å². The molecule has 3 nitrogen and oxygen atoms in total. The number of benzene rings is 2. The number of allylic oxidation sites excluding steroid dienone is 1. The van der Waals surface area contributed by atoms with Gasteiger partial charge in [0.1, 0.15) is 7.28 Å². The molecule has 0 aromatic heterocycles. The van der Waals surface area contributed by atoms with E-state index >= 15 is 0 Å². The summed E-state index contributed by atoms with van der Waals surface area (Å²) < 4.78 is 0. The molecule has 1 aliphatic rings. The van der Waals surface area contributed by atoms with Crippen molar-refractivity contribution in [2.75, 3.05) is 0 Å². The minimum Gasteiger partial charge on any atom is -0.399 e. The monoisotopic (exact) mass is 353 g/mol. The molecular formula is C22H25B2N3. The van der Waals surface area contributed by atoms with Gasteiger partial charge < -0.3 is 16.0 Å². The standard InChI is InChI=1S/C22H25B2N3/c1-14-9-17(22(26)21(11-25)24-4)10-20(23-3)19(14)13-27-12-16-7-5-6-8-18(16)15(27)2/h5-11,25H,2,12-13,26H2,1,3-4H3/b22-21+,25-11?.